The van der Waals surface area contributed by atoms with Crippen LogP contribution in [-0.2, 0) is 6.42 Å². The molecule has 1 N–H and O–H groups in total. The van der Waals surface area contributed by atoms with Crippen LogP contribution in [0.5, 0.6) is 5.75 Å². The third kappa shape index (κ3) is 3.43. The number of amides is 1. The van der Waals surface area contributed by atoms with Gasteiger partial charge in [0.1, 0.15) is 5.75 Å². The Morgan fingerprint density at radius 3 is 2.79 bits per heavy atom. The highest BCUT2D eigenvalue weighted by molar-refractivity contribution is 6.09. The molecular formula is C20H21NO3. The lowest BCUT2D eigenvalue weighted by Crippen LogP contribution is -2.34. The lowest BCUT2D eigenvalue weighted by molar-refractivity contribution is 0.0938. The molecule has 0 bridgehead atoms. The van der Waals surface area contributed by atoms with Gasteiger partial charge in [0.25, 0.3) is 5.91 Å². The molecule has 1 atom stereocenters. The van der Waals surface area contributed by atoms with Crippen molar-refractivity contribution in [3.63, 3.8) is 0 Å². The molecule has 1 amide bonds. The summed E-state index contributed by atoms with van der Waals surface area (Å²) < 4.78 is 10.8. The third-order valence-corrected chi connectivity index (χ3v) is 3.92. The van der Waals surface area contributed by atoms with E-state index in [9.17, 15) is 4.79 Å². The highest BCUT2D eigenvalue weighted by atomic mass is 16.5. The minimum Gasteiger partial charge on any atom is -0.493 e. The first kappa shape index (κ1) is 16.1. The van der Waals surface area contributed by atoms with Crippen molar-refractivity contribution in [2.24, 2.45) is 0 Å². The maximum absolute atomic E-state index is 12.9. The Labute approximate surface area is 141 Å². The molecule has 0 aliphatic rings. The zero-order valence-corrected chi connectivity index (χ0v) is 13.9. The van der Waals surface area contributed by atoms with E-state index in [1.807, 2.05) is 56.3 Å². The van der Waals surface area contributed by atoms with Crippen LogP contribution < -0.4 is 10.1 Å². The van der Waals surface area contributed by atoms with Crippen LogP contribution in [0, 0.1) is 0 Å². The summed E-state index contributed by atoms with van der Waals surface area (Å²) in [6.07, 6.45) is 4.06. The first-order valence-corrected chi connectivity index (χ1v) is 8.15. The van der Waals surface area contributed by atoms with Gasteiger partial charge in [-0.25, -0.2) is 0 Å². The Bertz CT molecular complexity index is 824. The summed E-state index contributed by atoms with van der Waals surface area (Å²) in [5, 5.41) is 4.99. The molecule has 3 rings (SSSR count). The fourth-order valence-corrected chi connectivity index (χ4v) is 2.87. The second-order valence-corrected chi connectivity index (χ2v) is 5.80. The van der Waals surface area contributed by atoms with Gasteiger partial charge in [-0.05, 0) is 48.7 Å². The fraction of sp³-hybridized carbons (Fsp3) is 0.250. The molecule has 4 heteroatoms. The lowest BCUT2D eigenvalue weighted by atomic mass is 10.0. The van der Waals surface area contributed by atoms with E-state index in [4.69, 9.17) is 9.15 Å². The number of ether oxygens (including phenoxy) is 1. The molecule has 0 saturated carbocycles. The molecular weight excluding hydrogens is 302 g/mol. The summed E-state index contributed by atoms with van der Waals surface area (Å²) >= 11 is 0. The van der Waals surface area contributed by atoms with Crippen LogP contribution in [0.1, 0.15) is 29.8 Å². The summed E-state index contributed by atoms with van der Waals surface area (Å²) in [6, 6.07) is 13.6. The number of rotatable bonds is 6. The van der Waals surface area contributed by atoms with Gasteiger partial charge in [0.05, 0.1) is 24.7 Å². The number of fused-ring (bicyclic) bond motifs is 1. The normalized spacial score (nSPS) is 12.1. The van der Waals surface area contributed by atoms with Crippen LogP contribution in [0.15, 0.2) is 59.4 Å². The van der Waals surface area contributed by atoms with Crippen LogP contribution in [0.2, 0.25) is 0 Å². The summed E-state index contributed by atoms with van der Waals surface area (Å²) in [6.45, 7) is 4.41. The van der Waals surface area contributed by atoms with Crippen molar-refractivity contribution in [1.29, 1.82) is 0 Å². The van der Waals surface area contributed by atoms with Crippen molar-refractivity contribution in [3.8, 4) is 5.75 Å². The van der Waals surface area contributed by atoms with E-state index >= 15 is 0 Å². The largest absolute Gasteiger partial charge is 0.493 e. The predicted octanol–water partition coefficient (Wildman–Crippen LogP) is 4.19. The minimum absolute atomic E-state index is 0.0106. The molecule has 4 nitrogen and oxygen atoms in total. The molecule has 0 saturated heterocycles. The Kier molecular flexibility index (Phi) is 4.85. The first-order valence-electron chi connectivity index (χ1n) is 8.15. The van der Waals surface area contributed by atoms with Crippen molar-refractivity contribution < 1.29 is 13.9 Å². The Hall–Kier alpha value is -2.75. The predicted molar refractivity (Wildman–Crippen MR) is 94.5 cm³/mol. The summed E-state index contributed by atoms with van der Waals surface area (Å²) in [5.41, 5.74) is 1.65. The van der Waals surface area contributed by atoms with Crippen molar-refractivity contribution in [3.05, 3.63) is 66.1 Å². The van der Waals surface area contributed by atoms with Crippen molar-refractivity contribution in [1.82, 2.24) is 5.32 Å². The van der Waals surface area contributed by atoms with E-state index in [1.54, 1.807) is 12.5 Å². The molecule has 0 fully saturated rings. The average molecular weight is 323 g/mol. The number of carbonyl (C=O) groups is 1. The van der Waals surface area contributed by atoms with Crippen LogP contribution in [0.25, 0.3) is 10.8 Å². The number of benzene rings is 2. The fourth-order valence-electron chi connectivity index (χ4n) is 2.87. The Morgan fingerprint density at radius 1 is 1.21 bits per heavy atom. The van der Waals surface area contributed by atoms with Gasteiger partial charge in [0.2, 0.25) is 0 Å². The Morgan fingerprint density at radius 2 is 2.04 bits per heavy atom. The number of nitrogens with one attached hydrogen (secondary N) is 1. The molecule has 124 valence electrons. The number of hydrogen-bond donors (Lipinski definition) is 1. The summed E-state index contributed by atoms with van der Waals surface area (Å²) in [7, 11) is 0. The second-order valence-electron chi connectivity index (χ2n) is 5.80. The summed E-state index contributed by atoms with van der Waals surface area (Å²) in [5.74, 6) is 0.496. The van der Waals surface area contributed by atoms with E-state index in [-0.39, 0.29) is 11.9 Å². The van der Waals surface area contributed by atoms with Gasteiger partial charge in [-0.15, -0.1) is 0 Å². The molecule has 3 aromatic rings. The standard InChI is InChI=1S/C20H21NO3/c1-3-24-18-9-8-16-6-4-5-7-17(16)19(18)20(22)21-14(2)12-15-10-11-23-13-15/h4-11,13-14H,3,12H2,1-2H3,(H,21,22)/t14-/m0/s1. The minimum atomic E-state index is -0.119. The van der Waals surface area contributed by atoms with Gasteiger partial charge < -0.3 is 14.5 Å². The van der Waals surface area contributed by atoms with E-state index in [0.29, 0.717) is 17.9 Å². The van der Waals surface area contributed by atoms with Crippen molar-refractivity contribution in [2.45, 2.75) is 26.3 Å². The molecule has 1 heterocycles. The molecule has 0 spiro atoms. The highest BCUT2D eigenvalue weighted by Crippen LogP contribution is 2.28. The molecule has 24 heavy (non-hydrogen) atoms. The van der Waals surface area contributed by atoms with Gasteiger partial charge in [0.15, 0.2) is 0 Å². The molecule has 2 aromatic carbocycles. The second kappa shape index (κ2) is 7.21. The maximum atomic E-state index is 12.9. The number of furan rings is 1. The molecule has 0 radical (unpaired) electrons. The molecule has 0 unspecified atom stereocenters. The number of carbonyl (C=O) groups excluding carboxylic acids is 1. The van der Waals surface area contributed by atoms with E-state index < -0.39 is 0 Å². The SMILES string of the molecule is CCOc1ccc2ccccc2c1C(=O)N[C@@H](C)Cc1ccoc1. The van der Waals surface area contributed by atoms with Crippen LogP contribution >= 0.6 is 0 Å². The number of hydrogen-bond acceptors (Lipinski definition) is 3. The van der Waals surface area contributed by atoms with Crippen LogP contribution in [0.3, 0.4) is 0 Å². The quantitative estimate of drug-likeness (QED) is 0.740. The highest BCUT2D eigenvalue weighted by Gasteiger charge is 2.18. The van der Waals surface area contributed by atoms with Crippen molar-refractivity contribution >= 4 is 16.7 Å². The van der Waals surface area contributed by atoms with Gasteiger partial charge in [-0.2, -0.15) is 0 Å². The topological polar surface area (TPSA) is 51.5 Å². The van der Waals surface area contributed by atoms with E-state index in [0.717, 1.165) is 22.8 Å². The Balaban J connectivity index is 1.88. The lowest BCUT2D eigenvalue weighted by Gasteiger charge is -2.17. The molecule has 0 aliphatic heterocycles. The zero-order valence-electron chi connectivity index (χ0n) is 13.9. The van der Waals surface area contributed by atoms with E-state index in [2.05, 4.69) is 5.32 Å². The monoisotopic (exact) mass is 323 g/mol. The smallest absolute Gasteiger partial charge is 0.255 e. The zero-order chi connectivity index (χ0) is 16.9. The summed E-state index contributed by atoms with van der Waals surface area (Å²) in [4.78, 5) is 12.9. The molecule has 0 aliphatic carbocycles. The van der Waals surface area contributed by atoms with Gasteiger partial charge in [-0.1, -0.05) is 30.3 Å². The van der Waals surface area contributed by atoms with Crippen LogP contribution in [-0.4, -0.2) is 18.6 Å². The maximum Gasteiger partial charge on any atom is 0.255 e. The third-order valence-electron chi connectivity index (χ3n) is 3.92. The average Bonchev–Trinajstić information content (AvgIpc) is 3.07. The first-order chi connectivity index (χ1) is 11.7. The van der Waals surface area contributed by atoms with Crippen LogP contribution in [0.4, 0.5) is 0 Å². The molecule has 1 aromatic heterocycles. The van der Waals surface area contributed by atoms with E-state index in [1.165, 1.54) is 0 Å². The van der Waals surface area contributed by atoms with Gasteiger partial charge in [0, 0.05) is 6.04 Å². The van der Waals surface area contributed by atoms with Crippen molar-refractivity contribution in [2.75, 3.05) is 6.61 Å². The van der Waals surface area contributed by atoms with Gasteiger partial charge >= 0.3 is 0 Å². The van der Waals surface area contributed by atoms with Gasteiger partial charge in [-0.3, -0.25) is 4.79 Å².